The Labute approximate surface area is 143 Å². The number of thiophene rings is 1. The molecule has 0 spiro atoms. The molecule has 122 valence electrons. The summed E-state index contributed by atoms with van der Waals surface area (Å²) in [5.74, 6) is 2.54. The molecular formula is C18H17N3O2S. The highest BCUT2D eigenvalue weighted by Gasteiger charge is 2.23. The molecule has 5 nitrogen and oxygen atoms in total. The molecule has 3 aromatic rings. The van der Waals surface area contributed by atoms with Crippen molar-refractivity contribution in [2.75, 3.05) is 18.5 Å². The van der Waals surface area contributed by atoms with E-state index in [2.05, 4.69) is 15.3 Å². The molecule has 24 heavy (non-hydrogen) atoms. The minimum Gasteiger partial charge on any atom is -0.486 e. The first kappa shape index (κ1) is 14.0. The van der Waals surface area contributed by atoms with Gasteiger partial charge in [-0.3, -0.25) is 0 Å². The summed E-state index contributed by atoms with van der Waals surface area (Å²) >= 11 is 1.81. The zero-order valence-electron chi connectivity index (χ0n) is 13.1. The summed E-state index contributed by atoms with van der Waals surface area (Å²) in [7, 11) is 0. The van der Waals surface area contributed by atoms with E-state index >= 15 is 0 Å². The minimum absolute atomic E-state index is 0.0309. The number of hydrogen-bond acceptors (Lipinski definition) is 6. The Hall–Kier alpha value is -2.34. The maximum absolute atomic E-state index is 6.01. The third-order valence-corrected chi connectivity index (χ3v) is 5.77. The van der Waals surface area contributed by atoms with Crippen LogP contribution in [0.1, 0.15) is 16.9 Å². The lowest BCUT2D eigenvalue weighted by molar-refractivity contribution is 0.0997. The summed E-state index contributed by atoms with van der Waals surface area (Å²) in [5, 5.41) is 4.66. The molecule has 1 N–H and O–H groups in total. The zero-order chi connectivity index (χ0) is 15.9. The monoisotopic (exact) mass is 339 g/mol. The molecule has 2 aromatic heterocycles. The molecule has 0 saturated heterocycles. The van der Waals surface area contributed by atoms with Crippen LogP contribution in [0.3, 0.4) is 0 Å². The third-order valence-electron chi connectivity index (χ3n) is 4.57. The largest absolute Gasteiger partial charge is 0.486 e. The van der Waals surface area contributed by atoms with Crippen molar-refractivity contribution in [1.82, 2.24) is 9.97 Å². The summed E-state index contributed by atoms with van der Waals surface area (Å²) in [6.07, 6.45) is 5.16. The molecule has 1 atom stereocenters. The molecule has 3 heterocycles. The highest BCUT2D eigenvalue weighted by Crippen LogP contribution is 2.39. The van der Waals surface area contributed by atoms with Crippen LogP contribution in [0.2, 0.25) is 0 Å². The number of nitrogens with one attached hydrogen (secondary N) is 1. The summed E-state index contributed by atoms with van der Waals surface area (Å²) in [6.45, 7) is 1.20. The highest BCUT2D eigenvalue weighted by atomic mass is 32.1. The van der Waals surface area contributed by atoms with E-state index in [0.717, 1.165) is 28.6 Å². The lowest BCUT2D eigenvalue weighted by atomic mass is 10.2. The maximum atomic E-state index is 6.01. The lowest BCUT2D eigenvalue weighted by Crippen LogP contribution is -2.35. The Balaban J connectivity index is 1.37. The van der Waals surface area contributed by atoms with Crippen molar-refractivity contribution < 1.29 is 9.47 Å². The average Bonchev–Trinajstić information content (AvgIpc) is 3.20. The molecule has 1 aliphatic carbocycles. The molecule has 0 fully saturated rings. The first-order valence-electron chi connectivity index (χ1n) is 8.26. The molecular weight excluding hydrogens is 322 g/mol. The molecule has 1 unspecified atom stereocenters. The molecule has 5 rings (SSSR count). The number of aryl methyl sites for hydroxylation is 2. The minimum atomic E-state index is -0.0309. The van der Waals surface area contributed by atoms with Gasteiger partial charge in [-0.05, 0) is 37.0 Å². The van der Waals surface area contributed by atoms with Crippen LogP contribution in [0.25, 0.3) is 10.2 Å². The van der Waals surface area contributed by atoms with Gasteiger partial charge >= 0.3 is 0 Å². The van der Waals surface area contributed by atoms with Gasteiger partial charge in [0, 0.05) is 4.88 Å². The number of rotatable bonds is 3. The fourth-order valence-electron chi connectivity index (χ4n) is 3.44. The van der Waals surface area contributed by atoms with Gasteiger partial charge in [0.2, 0.25) is 0 Å². The molecule has 0 radical (unpaired) electrons. The number of ether oxygens (including phenoxy) is 2. The van der Waals surface area contributed by atoms with Crippen LogP contribution in [0, 0.1) is 0 Å². The van der Waals surface area contributed by atoms with E-state index < -0.39 is 0 Å². The molecule has 1 aromatic carbocycles. The van der Waals surface area contributed by atoms with Gasteiger partial charge in [-0.1, -0.05) is 12.1 Å². The Kier molecular flexibility index (Phi) is 3.29. The second-order valence-electron chi connectivity index (χ2n) is 6.14. The van der Waals surface area contributed by atoms with Gasteiger partial charge in [0.25, 0.3) is 0 Å². The van der Waals surface area contributed by atoms with E-state index in [9.17, 15) is 0 Å². The van der Waals surface area contributed by atoms with E-state index in [-0.39, 0.29) is 6.10 Å². The summed E-state index contributed by atoms with van der Waals surface area (Å²) < 4.78 is 11.8. The summed E-state index contributed by atoms with van der Waals surface area (Å²) in [6, 6.07) is 7.79. The Morgan fingerprint density at radius 2 is 2.08 bits per heavy atom. The third kappa shape index (κ3) is 2.29. The van der Waals surface area contributed by atoms with Gasteiger partial charge in [0.1, 0.15) is 29.7 Å². The van der Waals surface area contributed by atoms with Gasteiger partial charge < -0.3 is 14.8 Å². The molecule has 2 aliphatic rings. The number of nitrogens with zero attached hydrogens (tertiary/aromatic N) is 2. The fourth-order valence-corrected chi connectivity index (χ4v) is 4.67. The van der Waals surface area contributed by atoms with E-state index in [0.29, 0.717) is 13.2 Å². The maximum Gasteiger partial charge on any atom is 0.161 e. The quantitative estimate of drug-likeness (QED) is 0.792. The number of fused-ring (bicyclic) bond motifs is 4. The molecule has 0 saturated carbocycles. The molecule has 6 heteroatoms. The normalized spacial score (nSPS) is 18.6. The van der Waals surface area contributed by atoms with E-state index in [4.69, 9.17) is 9.47 Å². The Morgan fingerprint density at radius 1 is 1.17 bits per heavy atom. The number of para-hydroxylation sites is 2. The van der Waals surface area contributed by atoms with Crippen LogP contribution in [0.15, 0.2) is 30.6 Å². The Morgan fingerprint density at radius 3 is 3.04 bits per heavy atom. The first-order valence-corrected chi connectivity index (χ1v) is 9.08. The van der Waals surface area contributed by atoms with Gasteiger partial charge in [0.15, 0.2) is 11.5 Å². The predicted molar refractivity (Wildman–Crippen MR) is 94.3 cm³/mol. The second-order valence-corrected chi connectivity index (χ2v) is 7.22. The highest BCUT2D eigenvalue weighted by molar-refractivity contribution is 7.19. The van der Waals surface area contributed by atoms with Gasteiger partial charge in [0.05, 0.1) is 11.9 Å². The van der Waals surface area contributed by atoms with Crippen LogP contribution >= 0.6 is 11.3 Å². The molecule has 0 amide bonds. The predicted octanol–water partition coefficient (Wildman–Crippen LogP) is 3.43. The fraction of sp³-hybridized carbons (Fsp3) is 0.333. The standard InChI is InChI=1S/C18H17N3O2S/c1-2-6-14-13(5-1)22-9-11(23-14)8-19-17-16-12-4-3-7-15(12)24-18(16)21-10-20-17/h1-2,5-6,10-11H,3-4,7-9H2,(H,19,20,21). The van der Waals surface area contributed by atoms with Crippen molar-refractivity contribution in [3.05, 3.63) is 41.0 Å². The van der Waals surface area contributed by atoms with E-state index in [1.54, 1.807) is 17.7 Å². The van der Waals surface area contributed by atoms with Crippen LogP contribution in [0.4, 0.5) is 5.82 Å². The van der Waals surface area contributed by atoms with Crippen LogP contribution < -0.4 is 14.8 Å². The summed E-state index contributed by atoms with van der Waals surface area (Å²) in [5.41, 5.74) is 1.43. The average molecular weight is 339 g/mol. The number of hydrogen-bond donors (Lipinski definition) is 1. The topological polar surface area (TPSA) is 56.3 Å². The number of aromatic nitrogens is 2. The van der Waals surface area contributed by atoms with Crippen molar-refractivity contribution in [1.29, 1.82) is 0 Å². The van der Waals surface area contributed by atoms with E-state index in [1.165, 1.54) is 28.7 Å². The van der Waals surface area contributed by atoms with Crippen molar-refractivity contribution in [3.8, 4) is 11.5 Å². The zero-order valence-corrected chi connectivity index (χ0v) is 13.9. The first-order chi connectivity index (χ1) is 11.9. The van der Waals surface area contributed by atoms with Crippen LogP contribution in [-0.4, -0.2) is 29.2 Å². The number of anilines is 1. The van der Waals surface area contributed by atoms with Crippen molar-refractivity contribution in [3.63, 3.8) is 0 Å². The van der Waals surface area contributed by atoms with Gasteiger partial charge in [-0.2, -0.15) is 0 Å². The molecule has 1 aliphatic heterocycles. The summed E-state index contributed by atoms with van der Waals surface area (Å²) in [4.78, 5) is 11.5. The lowest BCUT2D eigenvalue weighted by Gasteiger charge is -2.26. The van der Waals surface area contributed by atoms with Gasteiger partial charge in [-0.15, -0.1) is 11.3 Å². The Bertz CT molecular complexity index is 908. The van der Waals surface area contributed by atoms with Gasteiger partial charge in [-0.25, -0.2) is 9.97 Å². The van der Waals surface area contributed by atoms with E-state index in [1.807, 2.05) is 24.3 Å². The smallest absolute Gasteiger partial charge is 0.161 e. The van der Waals surface area contributed by atoms with Crippen LogP contribution in [0.5, 0.6) is 11.5 Å². The van der Waals surface area contributed by atoms with Crippen molar-refractivity contribution in [2.45, 2.75) is 25.4 Å². The number of benzene rings is 1. The molecule has 0 bridgehead atoms. The van der Waals surface area contributed by atoms with Crippen molar-refractivity contribution >= 4 is 27.4 Å². The second kappa shape index (κ2) is 5.63. The van der Waals surface area contributed by atoms with Crippen LogP contribution in [-0.2, 0) is 12.8 Å². The SMILES string of the molecule is c1ccc2c(c1)OCC(CNc1ncnc3sc4c(c13)CCC4)O2. The van der Waals surface area contributed by atoms with Crippen molar-refractivity contribution in [2.24, 2.45) is 0 Å².